The fourth-order valence-corrected chi connectivity index (χ4v) is 3.42. The number of amides is 1. The normalized spacial score (nSPS) is 11.0. The quantitative estimate of drug-likeness (QED) is 0.504. The van der Waals surface area contributed by atoms with Crippen molar-refractivity contribution < 1.29 is 18.7 Å². The molecule has 0 unspecified atom stereocenters. The predicted molar refractivity (Wildman–Crippen MR) is 111 cm³/mol. The highest BCUT2D eigenvalue weighted by atomic mass is 16.5. The van der Waals surface area contributed by atoms with Gasteiger partial charge < -0.3 is 24.2 Å². The van der Waals surface area contributed by atoms with Gasteiger partial charge in [-0.1, -0.05) is 0 Å². The van der Waals surface area contributed by atoms with E-state index in [1.54, 1.807) is 19.1 Å². The van der Waals surface area contributed by atoms with Crippen LogP contribution in [0.5, 0.6) is 11.5 Å². The van der Waals surface area contributed by atoms with E-state index in [-0.39, 0.29) is 12.3 Å². The molecule has 0 bridgehead atoms. The lowest BCUT2D eigenvalue weighted by atomic mass is 10.0. The topological polar surface area (TPSA) is 93.6 Å². The van der Waals surface area contributed by atoms with E-state index in [9.17, 15) is 9.59 Å². The molecule has 148 valence electrons. The molecular formula is C22H20N2O5. The number of aromatic amines is 1. The van der Waals surface area contributed by atoms with Gasteiger partial charge in [0.2, 0.25) is 5.91 Å². The average Bonchev–Trinajstić information content (AvgIpc) is 3.18. The van der Waals surface area contributed by atoms with Gasteiger partial charge in [0.25, 0.3) is 0 Å². The van der Waals surface area contributed by atoms with E-state index in [2.05, 4.69) is 10.3 Å². The van der Waals surface area contributed by atoms with Gasteiger partial charge in [0.15, 0.2) is 11.5 Å². The van der Waals surface area contributed by atoms with Crippen molar-refractivity contribution in [2.45, 2.75) is 13.3 Å². The maximum atomic E-state index is 12.6. The molecule has 0 aliphatic rings. The van der Waals surface area contributed by atoms with Crippen LogP contribution in [0.1, 0.15) is 11.1 Å². The van der Waals surface area contributed by atoms with Crippen molar-refractivity contribution in [3.63, 3.8) is 0 Å². The number of nitrogens with one attached hydrogen (secondary N) is 2. The van der Waals surface area contributed by atoms with E-state index in [0.717, 1.165) is 10.9 Å². The molecule has 7 nitrogen and oxygen atoms in total. The smallest absolute Gasteiger partial charge is 0.340 e. The van der Waals surface area contributed by atoms with Gasteiger partial charge in [-0.05, 0) is 42.8 Å². The zero-order valence-corrected chi connectivity index (χ0v) is 16.3. The Morgan fingerprint density at radius 3 is 2.62 bits per heavy atom. The summed E-state index contributed by atoms with van der Waals surface area (Å²) in [5.74, 6) is 0.690. The number of ether oxygens (including phenoxy) is 2. The highest BCUT2D eigenvalue weighted by Gasteiger charge is 2.17. The van der Waals surface area contributed by atoms with E-state index in [4.69, 9.17) is 13.9 Å². The van der Waals surface area contributed by atoms with Crippen LogP contribution in [-0.2, 0) is 11.2 Å². The second-order valence-corrected chi connectivity index (χ2v) is 6.70. The lowest BCUT2D eigenvalue weighted by molar-refractivity contribution is -0.115. The first kappa shape index (κ1) is 18.6. The number of rotatable bonds is 5. The summed E-state index contributed by atoms with van der Waals surface area (Å²) in [5.41, 5.74) is 2.47. The van der Waals surface area contributed by atoms with Crippen molar-refractivity contribution in [1.29, 1.82) is 0 Å². The second-order valence-electron chi connectivity index (χ2n) is 6.70. The standard InChI is InChI=1S/C22H20N2O5/c1-12-15-9-19(27-2)20(28-3)11-18(15)29-22(26)16(12)10-21(25)24-14-4-5-17-13(8-14)6-7-23-17/h4-9,11,23H,10H2,1-3H3,(H,24,25). The molecule has 4 rings (SSSR count). The van der Waals surface area contributed by atoms with Crippen molar-refractivity contribution >= 4 is 33.5 Å². The number of carbonyl (C=O) groups excluding carboxylic acids is 1. The Kier molecular flexibility index (Phi) is 4.72. The van der Waals surface area contributed by atoms with Crippen LogP contribution in [-0.4, -0.2) is 25.1 Å². The molecule has 29 heavy (non-hydrogen) atoms. The van der Waals surface area contributed by atoms with Gasteiger partial charge in [0, 0.05) is 34.2 Å². The van der Waals surface area contributed by atoms with Crippen molar-refractivity contribution in [2.24, 2.45) is 0 Å². The Balaban J connectivity index is 1.65. The van der Waals surface area contributed by atoms with Gasteiger partial charge in [-0.3, -0.25) is 4.79 Å². The monoisotopic (exact) mass is 392 g/mol. The summed E-state index contributed by atoms with van der Waals surface area (Å²) in [6.45, 7) is 1.79. The van der Waals surface area contributed by atoms with Crippen molar-refractivity contribution in [1.82, 2.24) is 4.98 Å². The molecule has 2 heterocycles. The van der Waals surface area contributed by atoms with E-state index >= 15 is 0 Å². The predicted octanol–water partition coefficient (Wildman–Crippen LogP) is 3.78. The third-order valence-electron chi connectivity index (χ3n) is 4.97. The van der Waals surface area contributed by atoms with Crippen LogP contribution in [0.3, 0.4) is 0 Å². The van der Waals surface area contributed by atoms with Crippen LogP contribution < -0.4 is 20.4 Å². The lowest BCUT2D eigenvalue weighted by Crippen LogP contribution is -2.20. The Morgan fingerprint density at radius 2 is 1.86 bits per heavy atom. The first-order valence-electron chi connectivity index (χ1n) is 9.05. The van der Waals surface area contributed by atoms with E-state index in [1.165, 1.54) is 14.2 Å². The Bertz CT molecular complexity index is 1290. The fraction of sp³-hybridized carbons (Fsp3) is 0.182. The Morgan fingerprint density at radius 1 is 1.10 bits per heavy atom. The molecule has 0 radical (unpaired) electrons. The number of aryl methyl sites for hydroxylation is 1. The third kappa shape index (κ3) is 3.42. The molecule has 0 spiro atoms. The number of anilines is 1. The number of hydrogen-bond donors (Lipinski definition) is 2. The first-order chi connectivity index (χ1) is 14.0. The average molecular weight is 392 g/mol. The van der Waals surface area contributed by atoms with Crippen molar-refractivity contribution in [2.75, 3.05) is 19.5 Å². The molecule has 0 saturated carbocycles. The largest absolute Gasteiger partial charge is 0.493 e. The summed E-state index contributed by atoms with van der Waals surface area (Å²) in [7, 11) is 3.05. The summed E-state index contributed by atoms with van der Waals surface area (Å²) >= 11 is 0. The first-order valence-corrected chi connectivity index (χ1v) is 9.05. The molecule has 0 saturated heterocycles. The summed E-state index contributed by atoms with van der Waals surface area (Å²) in [6, 6.07) is 10.8. The summed E-state index contributed by atoms with van der Waals surface area (Å²) < 4.78 is 16.0. The van der Waals surface area contributed by atoms with Gasteiger partial charge in [-0.15, -0.1) is 0 Å². The minimum absolute atomic E-state index is 0.0936. The number of methoxy groups -OCH3 is 2. The lowest BCUT2D eigenvalue weighted by Gasteiger charge is -2.12. The number of fused-ring (bicyclic) bond motifs is 2. The Hall–Kier alpha value is -3.74. The van der Waals surface area contributed by atoms with Crippen molar-refractivity contribution in [3.05, 3.63) is 64.1 Å². The maximum Gasteiger partial charge on any atom is 0.340 e. The zero-order valence-electron chi connectivity index (χ0n) is 16.3. The molecule has 7 heteroatoms. The van der Waals surface area contributed by atoms with Crippen LogP contribution in [0.4, 0.5) is 5.69 Å². The molecule has 2 aromatic carbocycles. The maximum absolute atomic E-state index is 12.6. The Labute approximate surface area is 166 Å². The summed E-state index contributed by atoms with van der Waals surface area (Å²) in [5, 5.41) is 4.52. The number of H-pyrrole nitrogens is 1. The number of hydrogen-bond acceptors (Lipinski definition) is 5. The van der Waals surface area contributed by atoms with E-state index in [0.29, 0.717) is 39.3 Å². The van der Waals surface area contributed by atoms with Crippen LogP contribution in [0.2, 0.25) is 0 Å². The highest BCUT2D eigenvalue weighted by Crippen LogP contribution is 2.33. The fourth-order valence-electron chi connectivity index (χ4n) is 3.42. The van der Waals surface area contributed by atoms with Gasteiger partial charge in [-0.2, -0.15) is 0 Å². The van der Waals surface area contributed by atoms with E-state index in [1.807, 2.05) is 30.5 Å². The van der Waals surface area contributed by atoms with Crippen LogP contribution in [0.25, 0.3) is 21.9 Å². The highest BCUT2D eigenvalue weighted by molar-refractivity contribution is 5.95. The molecular weight excluding hydrogens is 372 g/mol. The SMILES string of the molecule is COc1cc2oc(=O)c(CC(=O)Nc3ccc4[nH]ccc4c3)c(C)c2cc1OC. The van der Waals surface area contributed by atoms with Gasteiger partial charge >= 0.3 is 5.63 Å². The molecule has 0 fully saturated rings. The number of aromatic nitrogens is 1. The van der Waals surface area contributed by atoms with Gasteiger partial charge in [-0.25, -0.2) is 4.79 Å². The van der Waals surface area contributed by atoms with Gasteiger partial charge in [0.05, 0.1) is 26.2 Å². The molecule has 2 aromatic heterocycles. The molecule has 4 aromatic rings. The molecule has 0 aliphatic heterocycles. The molecule has 1 amide bonds. The van der Waals surface area contributed by atoms with Crippen LogP contribution in [0, 0.1) is 6.92 Å². The summed E-state index contributed by atoms with van der Waals surface area (Å²) in [6.07, 6.45) is 1.74. The number of carbonyl (C=O) groups is 1. The van der Waals surface area contributed by atoms with Crippen molar-refractivity contribution in [3.8, 4) is 11.5 Å². The minimum Gasteiger partial charge on any atom is -0.493 e. The zero-order chi connectivity index (χ0) is 20.5. The summed E-state index contributed by atoms with van der Waals surface area (Å²) in [4.78, 5) is 28.2. The molecule has 0 aliphatic carbocycles. The molecule has 2 N–H and O–H groups in total. The molecule has 0 atom stereocenters. The van der Waals surface area contributed by atoms with E-state index < -0.39 is 5.63 Å². The third-order valence-corrected chi connectivity index (χ3v) is 4.97. The van der Waals surface area contributed by atoms with Crippen LogP contribution in [0.15, 0.2) is 51.8 Å². The van der Waals surface area contributed by atoms with Gasteiger partial charge in [0.1, 0.15) is 5.58 Å². The number of benzene rings is 2. The minimum atomic E-state index is -0.543. The van der Waals surface area contributed by atoms with Crippen LogP contribution >= 0.6 is 0 Å². The second kappa shape index (κ2) is 7.35.